The van der Waals surface area contributed by atoms with Gasteiger partial charge in [-0.25, -0.2) is 9.78 Å². The maximum absolute atomic E-state index is 12.9. The van der Waals surface area contributed by atoms with E-state index in [-0.39, 0.29) is 48.4 Å². The van der Waals surface area contributed by atoms with Crippen LogP contribution in [0.5, 0.6) is 0 Å². The van der Waals surface area contributed by atoms with Crippen molar-refractivity contribution in [1.82, 2.24) is 25.4 Å². The summed E-state index contributed by atoms with van der Waals surface area (Å²) in [5, 5.41) is 28.7. The van der Waals surface area contributed by atoms with E-state index in [9.17, 15) is 24.6 Å². The second-order valence-electron chi connectivity index (χ2n) is 8.99. The predicted octanol–water partition coefficient (Wildman–Crippen LogP) is 2.95. The van der Waals surface area contributed by atoms with Gasteiger partial charge in [-0.1, -0.05) is 39.8 Å². The highest BCUT2D eigenvalue weighted by molar-refractivity contribution is 5.96. The van der Waals surface area contributed by atoms with Crippen LogP contribution in [0.1, 0.15) is 61.6 Å². The summed E-state index contributed by atoms with van der Waals surface area (Å²) < 4.78 is 7.04. The lowest BCUT2D eigenvalue weighted by atomic mass is 10.0. The lowest BCUT2D eigenvalue weighted by molar-refractivity contribution is -0.140. The molecular formula is C26H33N5O6. The monoisotopic (exact) mass is 511 g/mol. The van der Waals surface area contributed by atoms with Crippen molar-refractivity contribution in [1.29, 1.82) is 0 Å². The smallest absolute Gasteiger partial charge is 0.326 e. The maximum atomic E-state index is 12.9. The molecule has 3 rings (SSSR count). The van der Waals surface area contributed by atoms with Crippen LogP contribution < -0.4 is 10.6 Å². The number of benzene rings is 1. The van der Waals surface area contributed by atoms with E-state index in [1.807, 2.05) is 13.8 Å². The lowest BCUT2D eigenvalue weighted by Gasteiger charge is -2.18. The largest absolute Gasteiger partial charge is 0.480 e. The average Bonchev–Trinajstić information content (AvgIpc) is 3.54. The Hall–Kier alpha value is -3.99. The van der Waals surface area contributed by atoms with Crippen LogP contribution in [0, 0.1) is 5.92 Å². The van der Waals surface area contributed by atoms with Crippen LogP contribution in [0.4, 0.5) is 0 Å². The van der Waals surface area contributed by atoms with E-state index in [0.717, 1.165) is 12.8 Å². The number of carboxylic acid groups (broad SMARTS) is 1. The molecule has 0 aliphatic rings. The fourth-order valence-electron chi connectivity index (χ4n) is 3.81. The van der Waals surface area contributed by atoms with Crippen molar-refractivity contribution < 1.29 is 29.0 Å². The van der Waals surface area contributed by atoms with Gasteiger partial charge in [-0.3, -0.25) is 14.3 Å². The number of nitrogens with one attached hydrogen (secondary N) is 2. The molecule has 1 atom stereocenters. The molecule has 0 unspecified atom stereocenters. The Labute approximate surface area is 214 Å². The van der Waals surface area contributed by atoms with Gasteiger partial charge >= 0.3 is 5.97 Å². The van der Waals surface area contributed by atoms with Crippen molar-refractivity contribution in [2.24, 2.45) is 5.92 Å². The minimum atomic E-state index is -1.14. The molecule has 0 saturated carbocycles. The van der Waals surface area contributed by atoms with Crippen LogP contribution in [0.2, 0.25) is 0 Å². The van der Waals surface area contributed by atoms with Crippen molar-refractivity contribution in [2.75, 3.05) is 6.61 Å². The van der Waals surface area contributed by atoms with Gasteiger partial charge in [0.05, 0.1) is 25.0 Å². The number of aliphatic carboxylic acids is 1. The molecule has 2 aromatic heterocycles. The standard InChI is InChI=1S/C26H33N5O6/c1-5-18(6-2)28-24(34)21-14-27-25(37-21)17-9-7-8-16(12-17)19-13-20(31(30-19)10-11-32)23(33)29-22(15(3)4)26(35)36/h7-9,12-15,18,22,32H,5-6,10-11H2,1-4H3,(H,28,34)(H,29,33)(H,35,36)/t22-/m0/s1. The van der Waals surface area contributed by atoms with Gasteiger partial charge in [0.15, 0.2) is 0 Å². The molecule has 11 nitrogen and oxygen atoms in total. The zero-order valence-corrected chi connectivity index (χ0v) is 21.4. The Kier molecular flexibility index (Phi) is 9.18. The van der Waals surface area contributed by atoms with Gasteiger partial charge in [0.2, 0.25) is 11.7 Å². The summed E-state index contributed by atoms with van der Waals surface area (Å²) in [5.74, 6) is -2.03. The Morgan fingerprint density at radius 1 is 1.05 bits per heavy atom. The third kappa shape index (κ3) is 6.62. The zero-order valence-electron chi connectivity index (χ0n) is 21.4. The van der Waals surface area contributed by atoms with Crippen molar-refractivity contribution in [3.05, 3.63) is 48.0 Å². The molecule has 0 saturated heterocycles. The Morgan fingerprint density at radius 2 is 1.76 bits per heavy atom. The van der Waals surface area contributed by atoms with Gasteiger partial charge in [-0.2, -0.15) is 5.10 Å². The lowest BCUT2D eigenvalue weighted by Crippen LogP contribution is -2.44. The van der Waals surface area contributed by atoms with Gasteiger partial charge in [0.1, 0.15) is 11.7 Å². The second-order valence-corrected chi connectivity index (χ2v) is 8.99. The molecule has 2 heterocycles. The topological polar surface area (TPSA) is 160 Å². The van der Waals surface area contributed by atoms with Crippen LogP contribution in [0.15, 0.2) is 40.9 Å². The normalized spacial score (nSPS) is 12.1. The molecule has 11 heteroatoms. The van der Waals surface area contributed by atoms with Crippen molar-refractivity contribution in [3.63, 3.8) is 0 Å². The number of nitrogens with zero attached hydrogens (tertiary/aromatic N) is 3. The van der Waals surface area contributed by atoms with Crippen LogP contribution in [0.25, 0.3) is 22.7 Å². The van der Waals surface area contributed by atoms with Crippen LogP contribution in [-0.2, 0) is 11.3 Å². The van der Waals surface area contributed by atoms with Crippen LogP contribution >= 0.6 is 0 Å². The fraction of sp³-hybridized carbons (Fsp3) is 0.423. The predicted molar refractivity (Wildman–Crippen MR) is 136 cm³/mol. The minimum Gasteiger partial charge on any atom is -0.480 e. The first-order valence-electron chi connectivity index (χ1n) is 12.3. The number of aliphatic hydroxyl groups excluding tert-OH is 1. The molecule has 0 aliphatic heterocycles. The van der Waals surface area contributed by atoms with Gasteiger partial charge in [-0.05, 0) is 37.0 Å². The molecule has 0 bridgehead atoms. The van der Waals surface area contributed by atoms with Crippen LogP contribution in [0.3, 0.4) is 0 Å². The summed E-state index contributed by atoms with van der Waals surface area (Å²) in [6, 6.07) is 7.60. The molecule has 3 aromatic rings. The molecule has 1 aromatic carbocycles. The molecule has 0 fully saturated rings. The minimum absolute atomic E-state index is 0.0520. The first-order chi connectivity index (χ1) is 17.7. The molecule has 2 amide bonds. The number of oxazole rings is 1. The van der Waals surface area contributed by atoms with Gasteiger partial charge in [0.25, 0.3) is 11.8 Å². The number of carbonyl (C=O) groups excluding carboxylic acids is 2. The summed E-state index contributed by atoms with van der Waals surface area (Å²) in [4.78, 5) is 41.1. The first kappa shape index (κ1) is 27.6. The quantitative estimate of drug-likeness (QED) is 0.289. The number of rotatable bonds is 12. The van der Waals surface area contributed by atoms with Gasteiger partial charge in [-0.15, -0.1) is 0 Å². The Bertz CT molecular complexity index is 1240. The number of carbonyl (C=O) groups is 3. The summed E-state index contributed by atoms with van der Waals surface area (Å²) in [6.45, 7) is 7.19. The number of aliphatic hydroxyl groups is 1. The molecule has 198 valence electrons. The fourth-order valence-corrected chi connectivity index (χ4v) is 3.81. The van der Waals surface area contributed by atoms with E-state index in [0.29, 0.717) is 16.8 Å². The number of hydrogen-bond acceptors (Lipinski definition) is 7. The summed E-state index contributed by atoms with van der Waals surface area (Å²) >= 11 is 0. The van der Waals surface area contributed by atoms with Crippen molar-refractivity contribution in [3.8, 4) is 22.7 Å². The van der Waals surface area contributed by atoms with E-state index in [4.69, 9.17) is 4.42 Å². The van der Waals surface area contributed by atoms with Crippen LogP contribution in [-0.4, -0.2) is 61.5 Å². The highest BCUT2D eigenvalue weighted by Crippen LogP contribution is 2.26. The molecule has 0 aliphatic carbocycles. The summed E-state index contributed by atoms with van der Waals surface area (Å²) in [5.41, 5.74) is 1.81. The van der Waals surface area contributed by atoms with Gasteiger partial charge in [0, 0.05) is 17.2 Å². The Balaban J connectivity index is 1.87. The molecule has 37 heavy (non-hydrogen) atoms. The van der Waals surface area contributed by atoms with E-state index < -0.39 is 17.9 Å². The SMILES string of the molecule is CCC(CC)NC(=O)c1cnc(-c2cccc(-c3cc(C(=O)N[C@H](C(=O)O)C(C)C)n(CCO)n3)c2)o1. The van der Waals surface area contributed by atoms with Crippen molar-refractivity contribution >= 4 is 17.8 Å². The number of hydrogen-bond donors (Lipinski definition) is 4. The maximum Gasteiger partial charge on any atom is 0.326 e. The molecular weight excluding hydrogens is 478 g/mol. The average molecular weight is 512 g/mol. The van der Waals surface area contributed by atoms with E-state index in [2.05, 4.69) is 20.7 Å². The van der Waals surface area contributed by atoms with E-state index in [1.54, 1.807) is 38.1 Å². The highest BCUT2D eigenvalue weighted by atomic mass is 16.4. The third-order valence-corrected chi connectivity index (χ3v) is 6.00. The first-order valence-corrected chi connectivity index (χ1v) is 12.3. The highest BCUT2D eigenvalue weighted by Gasteiger charge is 2.26. The Morgan fingerprint density at radius 3 is 2.38 bits per heavy atom. The van der Waals surface area contributed by atoms with Crippen molar-refractivity contribution in [2.45, 2.75) is 59.2 Å². The van der Waals surface area contributed by atoms with E-state index in [1.165, 1.54) is 16.9 Å². The molecule has 4 N–H and O–H groups in total. The number of carboxylic acids is 1. The molecule has 0 spiro atoms. The second kappa shape index (κ2) is 12.3. The number of aromatic nitrogens is 3. The summed E-state index contributed by atoms with van der Waals surface area (Å²) in [6.07, 6.45) is 3.00. The zero-order chi connectivity index (χ0) is 27.1. The number of amides is 2. The third-order valence-electron chi connectivity index (χ3n) is 6.00. The molecule has 0 radical (unpaired) electrons. The summed E-state index contributed by atoms with van der Waals surface area (Å²) in [7, 11) is 0. The van der Waals surface area contributed by atoms with E-state index >= 15 is 0 Å². The van der Waals surface area contributed by atoms with Gasteiger partial charge < -0.3 is 25.3 Å².